The third-order valence-corrected chi connectivity index (χ3v) is 5.37. The molecule has 3 aromatic rings. The van der Waals surface area contributed by atoms with Crippen LogP contribution in [0.3, 0.4) is 0 Å². The molecule has 29 heavy (non-hydrogen) atoms. The van der Waals surface area contributed by atoms with E-state index in [1.807, 2.05) is 37.6 Å². The summed E-state index contributed by atoms with van der Waals surface area (Å²) in [6.07, 6.45) is 5.80. The number of hydrogen-bond acceptors (Lipinski definition) is 5. The quantitative estimate of drug-likeness (QED) is 0.721. The molecule has 7 nitrogen and oxygen atoms in total. The minimum atomic E-state index is 0.00160. The second kappa shape index (κ2) is 8.29. The molecule has 1 aliphatic heterocycles. The van der Waals surface area contributed by atoms with E-state index in [1.54, 1.807) is 4.68 Å². The smallest absolute Gasteiger partial charge is 0.229 e. The molecule has 1 aliphatic rings. The van der Waals surface area contributed by atoms with Gasteiger partial charge in [0.25, 0.3) is 0 Å². The van der Waals surface area contributed by atoms with Crippen molar-refractivity contribution in [1.82, 2.24) is 24.9 Å². The zero-order valence-electron chi connectivity index (χ0n) is 17.3. The molecular weight excluding hydrogens is 364 g/mol. The number of benzene rings is 1. The minimum Gasteiger partial charge on any atom is -0.309 e. The first-order chi connectivity index (χ1) is 14.0. The number of fused-ring (bicyclic) bond motifs is 1. The Morgan fingerprint density at radius 2 is 2.10 bits per heavy atom. The molecule has 0 unspecified atom stereocenters. The highest BCUT2D eigenvalue weighted by Crippen LogP contribution is 2.25. The van der Waals surface area contributed by atoms with Gasteiger partial charge < -0.3 is 10.2 Å². The molecule has 0 spiro atoms. The fraction of sp³-hybridized carbons (Fsp3) is 0.455. The summed E-state index contributed by atoms with van der Waals surface area (Å²) in [4.78, 5) is 15.2. The third kappa shape index (κ3) is 4.62. The average molecular weight is 393 g/mol. The highest BCUT2D eigenvalue weighted by Gasteiger charge is 2.26. The Labute approximate surface area is 171 Å². The Hall–Kier alpha value is -2.80. The van der Waals surface area contributed by atoms with Crippen molar-refractivity contribution in [2.75, 3.05) is 25.0 Å². The Morgan fingerprint density at radius 3 is 2.86 bits per heavy atom. The standard InChI is InChI=1S/C22H28N6O/c1-15(2)12-28-8-4-5-17(14-28)22(29)24-21-10-18-9-16(6-7-20(18)25-26-21)19-11-23-27(3)13-19/h6-7,9-11,13,15,17H,4-5,8,12,14H2,1-3H3,(H,24,26,29)/t17-/m0/s1. The molecular formula is C22H28N6O. The molecule has 1 N–H and O–H groups in total. The molecule has 0 bridgehead atoms. The van der Waals surface area contributed by atoms with E-state index in [-0.39, 0.29) is 11.8 Å². The van der Waals surface area contributed by atoms with Crippen molar-refractivity contribution in [2.24, 2.45) is 18.9 Å². The summed E-state index contributed by atoms with van der Waals surface area (Å²) in [6.45, 7) is 7.37. The summed E-state index contributed by atoms with van der Waals surface area (Å²) in [5.41, 5.74) is 2.91. The molecule has 0 aliphatic carbocycles. The molecule has 152 valence electrons. The molecule has 0 saturated carbocycles. The average Bonchev–Trinajstić information content (AvgIpc) is 3.13. The summed E-state index contributed by atoms with van der Waals surface area (Å²) < 4.78 is 1.78. The highest BCUT2D eigenvalue weighted by atomic mass is 16.2. The van der Waals surface area contributed by atoms with Crippen LogP contribution in [0.2, 0.25) is 0 Å². The molecule has 3 heterocycles. The maximum absolute atomic E-state index is 12.8. The van der Waals surface area contributed by atoms with Gasteiger partial charge in [0.05, 0.1) is 17.6 Å². The number of rotatable bonds is 5. The van der Waals surface area contributed by atoms with E-state index in [4.69, 9.17) is 0 Å². The van der Waals surface area contributed by atoms with Crippen molar-refractivity contribution in [3.05, 3.63) is 36.7 Å². The number of nitrogens with one attached hydrogen (secondary N) is 1. The number of amides is 1. The van der Waals surface area contributed by atoms with Crippen molar-refractivity contribution >= 4 is 22.6 Å². The van der Waals surface area contributed by atoms with Gasteiger partial charge in [-0.1, -0.05) is 19.9 Å². The predicted molar refractivity (Wildman–Crippen MR) is 114 cm³/mol. The Balaban J connectivity index is 1.49. The summed E-state index contributed by atoms with van der Waals surface area (Å²) >= 11 is 0. The highest BCUT2D eigenvalue weighted by molar-refractivity contribution is 5.94. The van der Waals surface area contributed by atoms with Crippen LogP contribution in [0.5, 0.6) is 0 Å². The SMILES string of the molecule is CC(C)CN1CCC[C@H](C(=O)Nc2cc3cc(-c4cnn(C)c4)ccc3nn2)C1. The van der Waals surface area contributed by atoms with Gasteiger partial charge in [-0.25, -0.2) is 0 Å². The van der Waals surface area contributed by atoms with E-state index in [2.05, 4.69) is 45.4 Å². The lowest BCUT2D eigenvalue weighted by molar-refractivity contribution is -0.121. The largest absolute Gasteiger partial charge is 0.309 e. The molecule has 1 atom stereocenters. The van der Waals surface area contributed by atoms with Crippen LogP contribution in [0.4, 0.5) is 5.82 Å². The first kappa shape index (κ1) is 19.5. The van der Waals surface area contributed by atoms with E-state index in [0.29, 0.717) is 11.7 Å². The molecule has 7 heteroatoms. The number of piperidine rings is 1. The first-order valence-corrected chi connectivity index (χ1v) is 10.3. The number of nitrogens with zero attached hydrogens (tertiary/aromatic N) is 5. The van der Waals surface area contributed by atoms with Crippen molar-refractivity contribution in [2.45, 2.75) is 26.7 Å². The second-order valence-electron chi connectivity index (χ2n) is 8.39. The van der Waals surface area contributed by atoms with E-state index >= 15 is 0 Å². The van der Waals surface area contributed by atoms with Crippen molar-refractivity contribution in [3.63, 3.8) is 0 Å². The van der Waals surface area contributed by atoms with Crippen LogP contribution in [0.25, 0.3) is 22.0 Å². The van der Waals surface area contributed by atoms with Crippen LogP contribution in [0.1, 0.15) is 26.7 Å². The number of carbonyl (C=O) groups excluding carboxylic acids is 1. The Kier molecular flexibility index (Phi) is 5.58. The maximum atomic E-state index is 12.8. The van der Waals surface area contributed by atoms with E-state index in [9.17, 15) is 4.79 Å². The van der Waals surface area contributed by atoms with Gasteiger partial charge in [-0.2, -0.15) is 5.10 Å². The molecule has 1 fully saturated rings. The Bertz CT molecular complexity index is 1010. The monoisotopic (exact) mass is 392 g/mol. The zero-order valence-corrected chi connectivity index (χ0v) is 17.3. The van der Waals surface area contributed by atoms with Crippen molar-refractivity contribution in [1.29, 1.82) is 0 Å². The first-order valence-electron chi connectivity index (χ1n) is 10.3. The van der Waals surface area contributed by atoms with Crippen LogP contribution >= 0.6 is 0 Å². The van der Waals surface area contributed by atoms with Crippen molar-refractivity contribution < 1.29 is 4.79 Å². The number of anilines is 1. The number of carbonyl (C=O) groups is 1. The summed E-state index contributed by atoms with van der Waals surface area (Å²) in [7, 11) is 1.90. The van der Waals surface area contributed by atoms with E-state index in [0.717, 1.165) is 54.5 Å². The van der Waals surface area contributed by atoms with Gasteiger partial charge in [0.15, 0.2) is 5.82 Å². The third-order valence-electron chi connectivity index (χ3n) is 5.37. The van der Waals surface area contributed by atoms with Crippen LogP contribution in [0.15, 0.2) is 36.7 Å². The van der Waals surface area contributed by atoms with E-state index < -0.39 is 0 Å². The summed E-state index contributed by atoms with van der Waals surface area (Å²) in [6, 6.07) is 7.91. The van der Waals surface area contributed by atoms with Gasteiger partial charge in [0, 0.05) is 37.3 Å². The van der Waals surface area contributed by atoms with Gasteiger partial charge >= 0.3 is 0 Å². The summed E-state index contributed by atoms with van der Waals surface area (Å²) in [5, 5.41) is 16.6. The lowest BCUT2D eigenvalue weighted by Crippen LogP contribution is -2.42. The van der Waals surface area contributed by atoms with E-state index in [1.165, 1.54) is 0 Å². The van der Waals surface area contributed by atoms with Crippen LogP contribution in [-0.4, -0.2) is 50.4 Å². The maximum Gasteiger partial charge on any atom is 0.229 e. The number of hydrogen-bond donors (Lipinski definition) is 1. The predicted octanol–water partition coefficient (Wildman–Crippen LogP) is 3.34. The number of aromatic nitrogens is 4. The molecule has 4 rings (SSSR count). The number of likely N-dealkylation sites (tertiary alicyclic amines) is 1. The lowest BCUT2D eigenvalue weighted by atomic mass is 9.96. The summed E-state index contributed by atoms with van der Waals surface area (Å²) in [5.74, 6) is 1.15. The van der Waals surface area contributed by atoms with Gasteiger partial charge in [-0.3, -0.25) is 9.48 Å². The Morgan fingerprint density at radius 1 is 1.24 bits per heavy atom. The van der Waals surface area contributed by atoms with Crippen LogP contribution in [0, 0.1) is 11.8 Å². The van der Waals surface area contributed by atoms with Gasteiger partial charge in [0.2, 0.25) is 5.91 Å². The van der Waals surface area contributed by atoms with Crippen LogP contribution < -0.4 is 5.32 Å². The molecule has 1 amide bonds. The second-order valence-corrected chi connectivity index (χ2v) is 8.39. The van der Waals surface area contributed by atoms with Gasteiger partial charge in [0.1, 0.15) is 0 Å². The minimum absolute atomic E-state index is 0.00160. The fourth-order valence-corrected chi connectivity index (χ4v) is 4.04. The normalized spacial score (nSPS) is 17.7. The molecule has 0 radical (unpaired) electrons. The number of aryl methyl sites for hydroxylation is 1. The van der Waals surface area contributed by atoms with Gasteiger partial charge in [-0.05, 0) is 49.1 Å². The molecule has 1 saturated heterocycles. The van der Waals surface area contributed by atoms with Crippen molar-refractivity contribution in [3.8, 4) is 11.1 Å². The topological polar surface area (TPSA) is 75.9 Å². The molecule has 2 aromatic heterocycles. The zero-order chi connectivity index (χ0) is 20.4. The van der Waals surface area contributed by atoms with Gasteiger partial charge in [-0.15, -0.1) is 10.2 Å². The lowest BCUT2D eigenvalue weighted by Gasteiger charge is -2.32. The fourth-order valence-electron chi connectivity index (χ4n) is 4.04. The molecule has 1 aromatic carbocycles. The van der Waals surface area contributed by atoms with Crippen LogP contribution in [-0.2, 0) is 11.8 Å².